The molecule has 0 atom stereocenters. The van der Waals surface area contributed by atoms with Gasteiger partial charge in [0.05, 0.1) is 0 Å². The number of aromatic nitrogens is 2. The molecule has 5 heteroatoms. The second kappa shape index (κ2) is 7.21. The average molecular weight is 335 g/mol. The summed E-state index contributed by atoms with van der Waals surface area (Å²) < 4.78 is 7.63. The SMILES string of the molecule is Cc1cccc(C)c1OCC(=O)Nc1cccc(-c2nccn2C)c1. The molecule has 1 heterocycles. The molecule has 1 N–H and O–H groups in total. The van der Waals surface area contributed by atoms with E-state index >= 15 is 0 Å². The van der Waals surface area contributed by atoms with Gasteiger partial charge in [-0.05, 0) is 37.1 Å². The molecular weight excluding hydrogens is 314 g/mol. The van der Waals surface area contributed by atoms with E-state index in [9.17, 15) is 4.79 Å². The monoisotopic (exact) mass is 335 g/mol. The highest BCUT2D eigenvalue weighted by atomic mass is 16.5. The molecule has 5 nitrogen and oxygen atoms in total. The van der Waals surface area contributed by atoms with Crippen molar-refractivity contribution in [3.8, 4) is 17.1 Å². The van der Waals surface area contributed by atoms with Crippen LogP contribution in [-0.4, -0.2) is 22.1 Å². The first-order valence-electron chi connectivity index (χ1n) is 8.11. The van der Waals surface area contributed by atoms with Gasteiger partial charge in [-0.25, -0.2) is 4.98 Å². The Labute approximate surface area is 147 Å². The van der Waals surface area contributed by atoms with Crippen molar-refractivity contribution >= 4 is 11.6 Å². The summed E-state index contributed by atoms with van der Waals surface area (Å²) in [5.74, 6) is 1.42. The van der Waals surface area contributed by atoms with E-state index in [4.69, 9.17) is 4.74 Å². The number of hydrogen-bond donors (Lipinski definition) is 1. The predicted molar refractivity (Wildman–Crippen MR) is 98.7 cm³/mol. The summed E-state index contributed by atoms with van der Waals surface area (Å²) >= 11 is 0. The molecule has 0 radical (unpaired) electrons. The van der Waals surface area contributed by atoms with Gasteiger partial charge >= 0.3 is 0 Å². The van der Waals surface area contributed by atoms with Gasteiger partial charge in [-0.15, -0.1) is 0 Å². The van der Waals surface area contributed by atoms with Crippen LogP contribution in [-0.2, 0) is 11.8 Å². The highest BCUT2D eigenvalue weighted by Crippen LogP contribution is 2.23. The van der Waals surface area contributed by atoms with Gasteiger partial charge in [0.1, 0.15) is 11.6 Å². The summed E-state index contributed by atoms with van der Waals surface area (Å²) in [5, 5.41) is 2.87. The van der Waals surface area contributed by atoms with E-state index in [1.807, 2.05) is 74.1 Å². The number of hydrogen-bond acceptors (Lipinski definition) is 3. The lowest BCUT2D eigenvalue weighted by Gasteiger charge is -2.12. The van der Waals surface area contributed by atoms with Crippen molar-refractivity contribution in [1.82, 2.24) is 9.55 Å². The predicted octanol–water partition coefficient (Wildman–Crippen LogP) is 3.72. The number of benzene rings is 2. The van der Waals surface area contributed by atoms with E-state index in [-0.39, 0.29) is 12.5 Å². The molecule has 0 saturated carbocycles. The van der Waals surface area contributed by atoms with Crippen LogP contribution in [0.2, 0.25) is 0 Å². The molecule has 0 aliphatic carbocycles. The average Bonchev–Trinajstić information content (AvgIpc) is 3.01. The Bertz CT molecular complexity index is 879. The van der Waals surface area contributed by atoms with Crippen LogP contribution in [0.1, 0.15) is 11.1 Å². The highest BCUT2D eigenvalue weighted by Gasteiger charge is 2.09. The van der Waals surface area contributed by atoms with Crippen molar-refractivity contribution in [2.45, 2.75) is 13.8 Å². The zero-order chi connectivity index (χ0) is 17.8. The molecule has 3 aromatic rings. The molecule has 0 fully saturated rings. The number of carbonyl (C=O) groups is 1. The van der Waals surface area contributed by atoms with Crippen LogP contribution in [0.3, 0.4) is 0 Å². The Balaban J connectivity index is 1.66. The van der Waals surface area contributed by atoms with Gasteiger partial charge in [0, 0.05) is 30.7 Å². The lowest BCUT2D eigenvalue weighted by Crippen LogP contribution is -2.20. The number of ether oxygens (including phenoxy) is 1. The molecule has 0 bridgehead atoms. The zero-order valence-electron chi connectivity index (χ0n) is 14.6. The van der Waals surface area contributed by atoms with Crippen LogP contribution in [0.15, 0.2) is 54.9 Å². The standard InChI is InChI=1S/C20H21N3O2/c1-14-6-4-7-15(2)19(14)25-13-18(24)22-17-9-5-8-16(12-17)20-21-10-11-23(20)3/h4-12H,13H2,1-3H3,(H,22,24). The van der Waals surface area contributed by atoms with Crippen LogP contribution in [0, 0.1) is 13.8 Å². The van der Waals surface area contributed by atoms with Crippen molar-refractivity contribution in [3.05, 3.63) is 66.0 Å². The minimum absolute atomic E-state index is 0.0294. The minimum Gasteiger partial charge on any atom is -0.483 e. The molecule has 0 aliphatic rings. The first-order valence-corrected chi connectivity index (χ1v) is 8.11. The van der Waals surface area contributed by atoms with Crippen LogP contribution < -0.4 is 10.1 Å². The minimum atomic E-state index is -0.195. The van der Waals surface area contributed by atoms with Crippen molar-refractivity contribution in [2.75, 3.05) is 11.9 Å². The fourth-order valence-electron chi connectivity index (χ4n) is 2.74. The molecule has 1 aromatic heterocycles. The maximum absolute atomic E-state index is 12.2. The van der Waals surface area contributed by atoms with E-state index in [0.717, 1.165) is 34.0 Å². The van der Waals surface area contributed by atoms with Gasteiger partial charge in [0.25, 0.3) is 5.91 Å². The lowest BCUT2D eigenvalue weighted by atomic mass is 10.1. The molecule has 2 aromatic carbocycles. The fraction of sp³-hybridized carbons (Fsp3) is 0.200. The summed E-state index contributed by atoms with van der Waals surface area (Å²) in [4.78, 5) is 16.5. The molecule has 0 saturated heterocycles. The van der Waals surface area contributed by atoms with Crippen LogP contribution in [0.4, 0.5) is 5.69 Å². The third kappa shape index (κ3) is 3.88. The van der Waals surface area contributed by atoms with E-state index < -0.39 is 0 Å². The van der Waals surface area contributed by atoms with Gasteiger partial charge in [-0.1, -0.05) is 30.3 Å². The number of amides is 1. The summed E-state index contributed by atoms with van der Waals surface area (Å²) in [6.07, 6.45) is 3.64. The van der Waals surface area contributed by atoms with E-state index in [1.165, 1.54) is 0 Å². The van der Waals surface area contributed by atoms with Crippen molar-refractivity contribution < 1.29 is 9.53 Å². The maximum atomic E-state index is 12.2. The zero-order valence-corrected chi connectivity index (χ0v) is 14.6. The van der Waals surface area contributed by atoms with E-state index in [1.54, 1.807) is 6.20 Å². The molecule has 0 aliphatic heterocycles. The normalized spacial score (nSPS) is 10.5. The number of imidazole rings is 1. The Hall–Kier alpha value is -3.08. The topological polar surface area (TPSA) is 56.1 Å². The Morgan fingerprint density at radius 3 is 2.56 bits per heavy atom. The van der Waals surface area contributed by atoms with Crippen molar-refractivity contribution in [3.63, 3.8) is 0 Å². The van der Waals surface area contributed by atoms with Crippen LogP contribution >= 0.6 is 0 Å². The second-order valence-electron chi connectivity index (χ2n) is 6.00. The Kier molecular flexibility index (Phi) is 4.84. The molecule has 0 unspecified atom stereocenters. The van der Waals surface area contributed by atoms with E-state index in [0.29, 0.717) is 0 Å². The molecule has 0 spiro atoms. The number of aryl methyl sites for hydroxylation is 3. The maximum Gasteiger partial charge on any atom is 0.262 e. The van der Waals surface area contributed by atoms with Crippen LogP contribution in [0.25, 0.3) is 11.4 Å². The number of rotatable bonds is 5. The highest BCUT2D eigenvalue weighted by molar-refractivity contribution is 5.92. The smallest absolute Gasteiger partial charge is 0.262 e. The van der Waals surface area contributed by atoms with Gasteiger partial charge in [-0.3, -0.25) is 4.79 Å². The first kappa shape index (κ1) is 16.8. The summed E-state index contributed by atoms with van der Waals surface area (Å²) in [6.45, 7) is 3.91. The molecule has 1 amide bonds. The van der Waals surface area contributed by atoms with Crippen molar-refractivity contribution in [2.24, 2.45) is 7.05 Å². The number of anilines is 1. The number of para-hydroxylation sites is 1. The third-order valence-electron chi connectivity index (χ3n) is 3.98. The van der Waals surface area contributed by atoms with Gasteiger partial charge in [0.2, 0.25) is 0 Å². The number of carbonyl (C=O) groups excluding carboxylic acids is 1. The Morgan fingerprint density at radius 1 is 1.16 bits per heavy atom. The van der Waals surface area contributed by atoms with Gasteiger partial charge in [-0.2, -0.15) is 0 Å². The van der Waals surface area contributed by atoms with Crippen LogP contribution in [0.5, 0.6) is 5.75 Å². The fourth-order valence-corrected chi connectivity index (χ4v) is 2.74. The molecule has 25 heavy (non-hydrogen) atoms. The number of nitrogens with zero attached hydrogens (tertiary/aromatic N) is 2. The first-order chi connectivity index (χ1) is 12.0. The molecular formula is C20H21N3O2. The van der Waals surface area contributed by atoms with E-state index in [2.05, 4.69) is 10.3 Å². The second-order valence-corrected chi connectivity index (χ2v) is 6.00. The quantitative estimate of drug-likeness (QED) is 0.773. The Morgan fingerprint density at radius 2 is 1.88 bits per heavy atom. The molecule has 3 rings (SSSR count). The van der Waals surface area contributed by atoms with Gasteiger partial charge in [0.15, 0.2) is 6.61 Å². The summed E-state index contributed by atoms with van der Waals surface area (Å²) in [7, 11) is 1.94. The number of nitrogens with one attached hydrogen (secondary N) is 1. The van der Waals surface area contributed by atoms with Crippen molar-refractivity contribution in [1.29, 1.82) is 0 Å². The lowest BCUT2D eigenvalue weighted by molar-refractivity contribution is -0.118. The molecule has 128 valence electrons. The summed E-state index contributed by atoms with van der Waals surface area (Å²) in [6, 6.07) is 13.5. The summed E-state index contributed by atoms with van der Waals surface area (Å²) in [5.41, 5.74) is 3.70. The largest absolute Gasteiger partial charge is 0.483 e. The van der Waals surface area contributed by atoms with Gasteiger partial charge < -0.3 is 14.6 Å². The third-order valence-corrected chi connectivity index (χ3v) is 3.98.